The van der Waals surface area contributed by atoms with Crippen molar-refractivity contribution in [1.29, 1.82) is 0 Å². The van der Waals surface area contributed by atoms with E-state index in [1.54, 1.807) is 29.5 Å². The zero-order valence-electron chi connectivity index (χ0n) is 10.0. The van der Waals surface area contributed by atoms with Crippen LogP contribution in [-0.4, -0.2) is 9.97 Å². The molecule has 0 radical (unpaired) electrons. The second kappa shape index (κ2) is 4.74. The summed E-state index contributed by atoms with van der Waals surface area (Å²) in [6.45, 7) is 0.640. The van der Waals surface area contributed by atoms with Crippen molar-refractivity contribution in [3.63, 3.8) is 0 Å². The van der Waals surface area contributed by atoms with Gasteiger partial charge in [0, 0.05) is 10.6 Å². The van der Waals surface area contributed by atoms with Gasteiger partial charge in [-0.2, -0.15) is 0 Å². The zero-order chi connectivity index (χ0) is 13.2. The molecule has 0 aliphatic heterocycles. The summed E-state index contributed by atoms with van der Waals surface area (Å²) < 4.78 is 0. The number of benzene rings is 1. The Morgan fingerprint density at radius 1 is 1.37 bits per heavy atom. The van der Waals surface area contributed by atoms with Gasteiger partial charge in [-0.15, -0.1) is 11.3 Å². The van der Waals surface area contributed by atoms with Crippen LogP contribution in [0.2, 0.25) is 0 Å². The van der Waals surface area contributed by atoms with Gasteiger partial charge in [-0.05, 0) is 29.6 Å². The smallest absolute Gasteiger partial charge is 0.260 e. The molecule has 0 spiro atoms. The highest BCUT2D eigenvalue weighted by Crippen LogP contribution is 2.14. The topological polar surface area (TPSA) is 83.8 Å². The van der Waals surface area contributed by atoms with E-state index in [-0.39, 0.29) is 5.56 Å². The molecule has 0 unspecified atom stereocenters. The quantitative estimate of drug-likeness (QED) is 0.638. The first-order valence-corrected chi connectivity index (χ1v) is 6.66. The minimum absolute atomic E-state index is 0.189. The third kappa shape index (κ3) is 2.43. The molecule has 6 heteroatoms. The van der Waals surface area contributed by atoms with Crippen molar-refractivity contribution < 1.29 is 0 Å². The number of thiophene rings is 1. The van der Waals surface area contributed by atoms with E-state index in [1.165, 1.54) is 4.88 Å². The van der Waals surface area contributed by atoms with Crippen LogP contribution in [0.25, 0.3) is 10.9 Å². The molecule has 3 rings (SSSR count). The molecule has 3 aromatic rings. The van der Waals surface area contributed by atoms with Gasteiger partial charge in [0.15, 0.2) is 0 Å². The predicted octanol–water partition coefficient (Wildman–Crippen LogP) is 2.18. The lowest BCUT2D eigenvalue weighted by Gasteiger charge is -2.05. The van der Waals surface area contributed by atoms with Gasteiger partial charge in [0.2, 0.25) is 5.95 Å². The summed E-state index contributed by atoms with van der Waals surface area (Å²) >= 11 is 1.65. The van der Waals surface area contributed by atoms with Crippen molar-refractivity contribution in [1.82, 2.24) is 9.97 Å². The Balaban J connectivity index is 1.93. The summed E-state index contributed by atoms with van der Waals surface area (Å²) in [5.41, 5.74) is 6.66. The van der Waals surface area contributed by atoms with Crippen LogP contribution in [0.5, 0.6) is 0 Å². The Morgan fingerprint density at radius 3 is 3.05 bits per heavy atom. The maximum atomic E-state index is 11.9. The van der Waals surface area contributed by atoms with E-state index in [9.17, 15) is 4.79 Å². The average molecular weight is 272 g/mol. The largest absolute Gasteiger partial charge is 0.399 e. The fraction of sp³-hybridized carbons (Fsp3) is 0.0769. The van der Waals surface area contributed by atoms with E-state index >= 15 is 0 Å². The van der Waals surface area contributed by atoms with Crippen molar-refractivity contribution in [2.75, 3.05) is 11.1 Å². The highest BCUT2D eigenvalue weighted by molar-refractivity contribution is 7.09. The van der Waals surface area contributed by atoms with Crippen molar-refractivity contribution in [2.24, 2.45) is 0 Å². The third-order valence-corrected chi connectivity index (χ3v) is 3.62. The molecule has 0 atom stereocenters. The van der Waals surface area contributed by atoms with Gasteiger partial charge in [-0.3, -0.25) is 9.78 Å². The summed E-state index contributed by atoms with van der Waals surface area (Å²) in [6, 6.07) is 9.12. The molecular weight excluding hydrogens is 260 g/mol. The Kier molecular flexibility index (Phi) is 2.92. The van der Waals surface area contributed by atoms with Crippen LogP contribution in [0.3, 0.4) is 0 Å². The van der Waals surface area contributed by atoms with Crippen molar-refractivity contribution in [2.45, 2.75) is 6.54 Å². The van der Waals surface area contributed by atoms with Crippen LogP contribution in [-0.2, 0) is 6.54 Å². The maximum absolute atomic E-state index is 11.9. The normalized spacial score (nSPS) is 10.7. The minimum atomic E-state index is -0.189. The van der Waals surface area contributed by atoms with Gasteiger partial charge in [-0.1, -0.05) is 6.07 Å². The van der Waals surface area contributed by atoms with Gasteiger partial charge in [0.1, 0.15) is 0 Å². The molecule has 1 aromatic carbocycles. The molecule has 0 aliphatic carbocycles. The second-order valence-electron chi connectivity index (χ2n) is 4.12. The maximum Gasteiger partial charge on any atom is 0.260 e. The molecule has 0 amide bonds. The van der Waals surface area contributed by atoms with Gasteiger partial charge >= 0.3 is 0 Å². The number of H-pyrrole nitrogens is 1. The predicted molar refractivity (Wildman–Crippen MR) is 78.4 cm³/mol. The number of anilines is 2. The van der Waals surface area contributed by atoms with E-state index in [2.05, 4.69) is 15.3 Å². The van der Waals surface area contributed by atoms with Gasteiger partial charge in [-0.25, -0.2) is 4.98 Å². The number of aromatic amines is 1. The van der Waals surface area contributed by atoms with Crippen LogP contribution in [0.4, 0.5) is 11.6 Å². The highest BCUT2D eigenvalue weighted by atomic mass is 32.1. The lowest BCUT2D eigenvalue weighted by atomic mass is 10.2. The van der Waals surface area contributed by atoms with Gasteiger partial charge in [0.05, 0.1) is 17.4 Å². The molecule has 0 fully saturated rings. The van der Waals surface area contributed by atoms with E-state index in [0.29, 0.717) is 29.1 Å². The fourth-order valence-corrected chi connectivity index (χ4v) is 2.47. The summed E-state index contributed by atoms with van der Waals surface area (Å²) in [5.74, 6) is 0.468. The summed E-state index contributed by atoms with van der Waals surface area (Å²) in [6.07, 6.45) is 0. The number of fused-ring (bicyclic) bond motifs is 1. The summed E-state index contributed by atoms with van der Waals surface area (Å²) in [5, 5.41) is 5.62. The lowest BCUT2D eigenvalue weighted by Crippen LogP contribution is -2.13. The van der Waals surface area contributed by atoms with Crippen molar-refractivity contribution in [3.05, 3.63) is 50.9 Å². The SMILES string of the molecule is Nc1ccc2nc(NCc3cccs3)[nH]c(=O)c2c1. The zero-order valence-corrected chi connectivity index (χ0v) is 10.8. The molecule has 0 bridgehead atoms. The molecule has 19 heavy (non-hydrogen) atoms. The molecule has 5 nitrogen and oxygen atoms in total. The highest BCUT2D eigenvalue weighted by Gasteiger charge is 2.04. The van der Waals surface area contributed by atoms with Crippen molar-refractivity contribution >= 4 is 33.9 Å². The van der Waals surface area contributed by atoms with E-state index in [0.717, 1.165) is 0 Å². The number of hydrogen-bond donors (Lipinski definition) is 3. The van der Waals surface area contributed by atoms with Crippen LogP contribution < -0.4 is 16.6 Å². The monoisotopic (exact) mass is 272 g/mol. The molecule has 0 aliphatic rings. The first-order chi connectivity index (χ1) is 9.22. The number of nitrogens with two attached hydrogens (primary N) is 1. The summed E-state index contributed by atoms with van der Waals surface area (Å²) in [7, 11) is 0. The number of rotatable bonds is 3. The molecule has 0 saturated carbocycles. The summed E-state index contributed by atoms with van der Waals surface area (Å²) in [4.78, 5) is 20.2. The Hall–Kier alpha value is -2.34. The molecule has 2 aromatic heterocycles. The second-order valence-corrected chi connectivity index (χ2v) is 5.16. The van der Waals surface area contributed by atoms with Crippen LogP contribution in [0.1, 0.15) is 4.88 Å². The van der Waals surface area contributed by atoms with E-state index in [1.807, 2.05) is 17.5 Å². The number of hydrogen-bond acceptors (Lipinski definition) is 5. The third-order valence-electron chi connectivity index (χ3n) is 2.74. The number of aromatic nitrogens is 2. The number of nitrogens with zero attached hydrogens (tertiary/aromatic N) is 1. The van der Waals surface area contributed by atoms with Crippen LogP contribution in [0.15, 0.2) is 40.5 Å². The van der Waals surface area contributed by atoms with E-state index < -0.39 is 0 Å². The first kappa shape index (κ1) is 11.7. The first-order valence-electron chi connectivity index (χ1n) is 5.78. The van der Waals surface area contributed by atoms with Gasteiger partial charge in [0.25, 0.3) is 5.56 Å². The Morgan fingerprint density at radius 2 is 2.26 bits per heavy atom. The molecule has 0 saturated heterocycles. The Labute approximate surface area is 113 Å². The average Bonchev–Trinajstić information content (AvgIpc) is 2.90. The lowest BCUT2D eigenvalue weighted by molar-refractivity contribution is 1.07. The van der Waals surface area contributed by atoms with Crippen molar-refractivity contribution in [3.8, 4) is 0 Å². The van der Waals surface area contributed by atoms with Crippen LogP contribution >= 0.6 is 11.3 Å². The standard InChI is InChI=1S/C13H12N4OS/c14-8-3-4-11-10(6-8)12(18)17-13(16-11)15-7-9-2-1-5-19-9/h1-6H,7,14H2,(H2,15,16,17,18). The van der Waals surface area contributed by atoms with E-state index in [4.69, 9.17) is 5.73 Å². The fourth-order valence-electron chi connectivity index (χ4n) is 1.82. The number of nitrogens with one attached hydrogen (secondary N) is 2. The van der Waals surface area contributed by atoms with Gasteiger partial charge < -0.3 is 11.1 Å². The molecule has 4 N–H and O–H groups in total. The minimum Gasteiger partial charge on any atom is -0.399 e. The Bertz CT molecular complexity index is 764. The van der Waals surface area contributed by atoms with Crippen LogP contribution in [0, 0.1) is 0 Å². The molecule has 96 valence electrons. The molecular formula is C13H12N4OS. The molecule has 2 heterocycles. The number of nitrogen functional groups attached to an aromatic ring is 1.